The summed E-state index contributed by atoms with van der Waals surface area (Å²) in [5.41, 5.74) is 0.0719. The van der Waals surface area contributed by atoms with E-state index in [9.17, 15) is 9.18 Å². The molecular weight excluding hydrogens is 229 g/mol. The first-order valence-corrected chi connectivity index (χ1v) is 5.07. The first kappa shape index (κ1) is 12.5. The van der Waals surface area contributed by atoms with Gasteiger partial charge in [-0.2, -0.15) is 0 Å². The molecule has 1 amide bonds. The van der Waals surface area contributed by atoms with E-state index in [4.69, 9.17) is 11.6 Å². The van der Waals surface area contributed by atoms with E-state index in [0.29, 0.717) is 0 Å². The molecule has 0 atom stereocenters. The summed E-state index contributed by atoms with van der Waals surface area (Å²) in [6.45, 7) is 1.83. The van der Waals surface area contributed by atoms with Crippen LogP contribution in [0.1, 0.15) is 6.92 Å². The van der Waals surface area contributed by atoms with Gasteiger partial charge in [-0.25, -0.2) is 4.39 Å². The third-order valence-corrected chi connectivity index (χ3v) is 2.05. The minimum atomic E-state index is -0.628. The molecule has 0 heterocycles. The van der Waals surface area contributed by atoms with Gasteiger partial charge in [-0.05, 0) is 19.1 Å². The van der Waals surface area contributed by atoms with Crippen molar-refractivity contribution in [2.24, 2.45) is 0 Å². The van der Waals surface area contributed by atoms with Crippen molar-refractivity contribution in [1.82, 2.24) is 0 Å². The molecule has 0 bridgehead atoms. The number of carbonyl (C=O) groups is 1. The van der Waals surface area contributed by atoms with Crippen LogP contribution in [0.4, 0.5) is 10.1 Å². The number of hydrogen-bond acceptors (Lipinski definition) is 1. The lowest BCUT2D eigenvalue weighted by Gasteiger charge is -2.04. The van der Waals surface area contributed by atoms with Gasteiger partial charge in [-0.3, -0.25) is 4.79 Å². The first-order chi connectivity index (χ1) is 7.65. The molecule has 84 valence electrons. The molecule has 0 radical (unpaired) electrons. The van der Waals surface area contributed by atoms with Crippen LogP contribution in [0.5, 0.6) is 0 Å². The lowest BCUT2D eigenvalue weighted by atomic mass is 10.3. The van der Waals surface area contributed by atoms with Gasteiger partial charge < -0.3 is 5.32 Å². The molecular formula is C12H11ClFNO. The zero-order valence-corrected chi connectivity index (χ0v) is 9.46. The minimum Gasteiger partial charge on any atom is -0.320 e. The molecule has 1 aromatic carbocycles. The third-order valence-electron chi connectivity index (χ3n) is 1.76. The molecule has 0 aliphatic carbocycles. The number of halogens is 2. The Bertz CT molecular complexity index is 441. The Hall–Kier alpha value is -1.61. The van der Waals surface area contributed by atoms with E-state index < -0.39 is 11.7 Å². The van der Waals surface area contributed by atoms with Crippen molar-refractivity contribution in [3.63, 3.8) is 0 Å². The zero-order chi connectivity index (χ0) is 12.0. The van der Waals surface area contributed by atoms with Crippen LogP contribution in [0.15, 0.2) is 42.5 Å². The molecule has 4 heteroatoms. The van der Waals surface area contributed by atoms with Gasteiger partial charge in [0.25, 0.3) is 0 Å². The molecule has 16 heavy (non-hydrogen) atoms. The number of anilines is 1. The minimum absolute atomic E-state index is 0.0183. The predicted molar refractivity (Wildman–Crippen MR) is 64.0 cm³/mol. The highest BCUT2D eigenvalue weighted by Crippen LogP contribution is 2.21. The van der Waals surface area contributed by atoms with Crippen molar-refractivity contribution in [1.29, 1.82) is 0 Å². The zero-order valence-electron chi connectivity index (χ0n) is 8.71. The van der Waals surface area contributed by atoms with Crippen LogP contribution in [0.25, 0.3) is 0 Å². The van der Waals surface area contributed by atoms with Gasteiger partial charge in [-0.15, -0.1) is 0 Å². The summed E-state index contributed by atoms with van der Waals surface area (Å²) in [4.78, 5) is 11.3. The lowest BCUT2D eigenvalue weighted by molar-refractivity contribution is -0.111. The second-order valence-electron chi connectivity index (χ2n) is 2.98. The number of amides is 1. The fourth-order valence-corrected chi connectivity index (χ4v) is 1.20. The molecule has 0 aliphatic heterocycles. The molecule has 0 aliphatic rings. The quantitative estimate of drug-likeness (QED) is 0.634. The summed E-state index contributed by atoms with van der Waals surface area (Å²) in [6, 6.07) is 4.43. The van der Waals surface area contributed by atoms with Gasteiger partial charge in [-0.1, -0.05) is 35.9 Å². The Kier molecular flexibility index (Phi) is 4.73. The summed E-state index contributed by atoms with van der Waals surface area (Å²) in [5.74, 6) is -1.03. The van der Waals surface area contributed by atoms with Crippen LogP contribution in [0.3, 0.4) is 0 Å². The van der Waals surface area contributed by atoms with E-state index in [1.807, 2.05) is 6.92 Å². The Morgan fingerprint density at radius 2 is 2.19 bits per heavy atom. The second-order valence-corrected chi connectivity index (χ2v) is 3.38. The molecule has 0 saturated carbocycles. The molecule has 0 fully saturated rings. The van der Waals surface area contributed by atoms with Crippen LogP contribution in [0.2, 0.25) is 5.02 Å². The van der Waals surface area contributed by atoms with Crippen molar-refractivity contribution in [3.05, 3.63) is 53.3 Å². The smallest absolute Gasteiger partial charge is 0.248 e. The normalized spacial score (nSPS) is 11.2. The first-order valence-electron chi connectivity index (χ1n) is 4.69. The number of rotatable bonds is 3. The van der Waals surface area contributed by atoms with E-state index in [1.54, 1.807) is 24.3 Å². The molecule has 1 aromatic rings. The maximum absolute atomic E-state index is 13.4. The number of allylic oxidation sites excluding steroid dienone is 3. The van der Waals surface area contributed by atoms with Gasteiger partial charge >= 0.3 is 0 Å². The van der Waals surface area contributed by atoms with E-state index in [-0.39, 0.29) is 10.7 Å². The van der Waals surface area contributed by atoms with E-state index in [1.165, 1.54) is 18.2 Å². The summed E-state index contributed by atoms with van der Waals surface area (Å²) < 4.78 is 13.4. The van der Waals surface area contributed by atoms with Crippen LogP contribution in [0, 0.1) is 5.82 Å². The third kappa shape index (κ3) is 3.51. The molecule has 0 saturated heterocycles. The largest absolute Gasteiger partial charge is 0.320 e. The SMILES string of the molecule is C/C=C/C=C/C(=O)Nc1cccc(Cl)c1F. The van der Waals surface area contributed by atoms with Gasteiger partial charge in [0.05, 0.1) is 10.7 Å². The molecule has 0 aromatic heterocycles. The van der Waals surface area contributed by atoms with Gasteiger partial charge in [0.1, 0.15) is 0 Å². The Labute approximate surface area is 98.4 Å². The molecule has 2 nitrogen and oxygen atoms in total. The topological polar surface area (TPSA) is 29.1 Å². The molecule has 0 spiro atoms. The summed E-state index contributed by atoms with van der Waals surface area (Å²) in [6.07, 6.45) is 6.36. The summed E-state index contributed by atoms with van der Waals surface area (Å²) >= 11 is 5.57. The Morgan fingerprint density at radius 3 is 2.88 bits per heavy atom. The van der Waals surface area contributed by atoms with Gasteiger partial charge in [0, 0.05) is 6.08 Å². The fraction of sp³-hybridized carbons (Fsp3) is 0.0833. The monoisotopic (exact) mass is 239 g/mol. The standard InChI is InChI=1S/C12H11ClFNO/c1-2-3-4-8-11(16)15-10-7-5-6-9(13)12(10)14/h2-8H,1H3,(H,15,16)/b3-2+,8-4+. The van der Waals surface area contributed by atoms with Gasteiger partial charge in [0.15, 0.2) is 5.82 Å². The Balaban J connectivity index is 2.74. The average molecular weight is 240 g/mol. The van der Waals surface area contributed by atoms with Crippen LogP contribution in [-0.4, -0.2) is 5.91 Å². The van der Waals surface area contributed by atoms with E-state index >= 15 is 0 Å². The summed E-state index contributed by atoms with van der Waals surface area (Å²) in [5, 5.41) is 2.37. The molecule has 1 rings (SSSR count). The van der Waals surface area contributed by atoms with Crippen molar-refractivity contribution >= 4 is 23.2 Å². The van der Waals surface area contributed by atoms with Crippen LogP contribution in [-0.2, 0) is 4.79 Å². The number of benzene rings is 1. The molecule has 0 unspecified atom stereocenters. The van der Waals surface area contributed by atoms with Crippen molar-refractivity contribution in [2.75, 3.05) is 5.32 Å². The van der Waals surface area contributed by atoms with Crippen molar-refractivity contribution < 1.29 is 9.18 Å². The highest BCUT2D eigenvalue weighted by atomic mass is 35.5. The molecule has 1 N–H and O–H groups in total. The van der Waals surface area contributed by atoms with Crippen molar-refractivity contribution in [3.8, 4) is 0 Å². The summed E-state index contributed by atoms with van der Waals surface area (Å²) in [7, 11) is 0. The predicted octanol–water partition coefficient (Wildman–Crippen LogP) is 3.55. The van der Waals surface area contributed by atoms with E-state index in [0.717, 1.165) is 0 Å². The average Bonchev–Trinajstić information content (AvgIpc) is 2.25. The lowest BCUT2D eigenvalue weighted by Crippen LogP contribution is -2.09. The highest BCUT2D eigenvalue weighted by molar-refractivity contribution is 6.31. The maximum Gasteiger partial charge on any atom is 0.248 e. The number of hydrogen-bond donors (Lipinski definition) is 1. The second kappa shape index (κ2) is 6.08. The van der Waals surface area contributed by atoms with Crippen molar-refractivity contribution in [2.45, 2.75) is 6.92 Å². The van der Waals surface area contributed by atoms with E-state index in [2.05, 4.69) is 5.32 Å². The highest BCUT2D eigenvalue weighted by Gasteiger charge is 2.07. The Morgan fingerprint density at radius 1 is 1.44 bits per heavy atom. The van der Waals surface area contributed by atoms with Crippen LogP contribution >= 0.6 is 11.6 Å². The fourth-order valence-electron chi connectivity index (χ4n) is 1.03. The number of nitrogens with one attached hydrogen (secondary N) is 1. The van der Waals surface area contributed by atoms with Crippen LogP contribution < -0.4 is 5.32 Å². The maximum atomic E-state index is 13.4. The van der Waals surface area contributed by atoms with Gasteiger partial charge in [0.2, 0.25) is 5.91 Å². The number of carbonyl (C=O) groups excluding carboxylic acids is 1.